The van der Waals surface area contributed by atoms with Gasteiger partial charge in [-0.25, -0.2) is 9.67 Å². The Morgan fingerprint density at radius 1 is 1.20 bits per heavy atom. The molecule has 3 aromatic rings. The Kier molecular flexibility index (Phi) is 4.88. The number of nitrogens with zero attached hydrogens (tertiary/aromatic N) is 4. The van der Waals surface area contributed by atoms with Gasteiger partial charge < -0.3 is 5.73 Å². The maximum atomic E-state index is 11.2. The lowest BCUT2D eigenvalue weighted by atomic mass is 10.1. The van der Waals surface area contributed by atoms with Gasteiger partial charge in [-0.15, -0.1) is 0 Å². The summed E-state index contributed by atoms with van der Waals surface area (Å²) >= 11 is 0. The van der Waals surface area contributed by atoms with E-state index in [-0.39, 0.29) is 6.42 Å². The molecular formula is C19H21N5O. The molecule has 25 heavy (non-hydrogen) atoms. The molecule has 2 N–H and O–H groups in total. The molecule has 1 aromatic carbocycles. The van der Waals surface area contributed by atoms with Gasteiger partial charge in [0.2, 0.25) is 5.91 Å². The molecule has 128 valence electrons. The van der Waals surface area contributed by atoms with E-state index in [9.17, 15) is 4.79 Å². The summed E-state index contributed by atoms with van der Waals surface area (Å²) in [5.74, 6) is 0.721. The highest BCUT2D eigenvalue weighted by Crippen LogP contribution is 2.22. The van der Waals surface area contributed by atoms with Crippen molar-refractivity contribution in [2.75, 3.05) is 0 Å². The number of primary amides is 1. The molecule has 6 nitrogen and oxygen atoms in total. The normalized spacial score (nSPS) is 10.8. The van der Waals surface area contributed by atoms with E-state index in [0.717, 1.165) is 29.1 Å². The third kappa shape index (κ3) is 4.09. The second-order valence-corrected chi connectivity index (χ2v) is 6.09. The first-order valence-electron chi connectivity index (χ1n) is 8.22. The number of benzene rings is 1. The minimum atomic E-state index is -0.439. The number of hydrogen-bond acceptors (Lipinski definition) is 4. The summed E-state index contributed by atoms with van der Waals surface area (Å²) in [6.45, 7) is 4.64. The fraction of sp³-hybridized carbons (Fsp3) is 0.263. The van der Waals surface area contributed by atoms with E-state index in [2.05, 4.69) is 27.2 Å². The molecule has 0 unspecified atom stereocenters. The van der Waals surface area contributed by atoms with E-state index in [0.29, 0.717) is 12.4 Å². The molecule has 0 fully saturated rings. The topological polar surface area (TPSA) is 86.7 Å². The smallest absolute Gasteiger partial charge is 0.225 e. The van der Waals surface area contributed by atoms with Gasteiger partial charge in [-0.05, 0) is 37.5 Å². The molecule has 6 heteroatoms. The number of carbonyl (C=O) groups excluding carboxylic acids is 1. The van der Waals surface area contributed by atoms with Gasteiger partial charge >= 0.3 is 0 Å². The lowest BCUT2D eigenvalue weighted by molar-refractivity contribution is -0.117. The van der Waals surface area contributed by atoms with Crippen LogP contribution in [0.4, 0.5) is 0 Å². The van der Waals surface area contributed by atoms with Crippen molar-refractivity contribution in [1.29, 1.82) is 0 Å². The Morgan fingerprint density at radius 3 is 2.64 bits per heavy atom. The van der Waals surface area contributed by atoms with Gasteiger partial charge in [-0.2, -0.15) is 5.10 Å². The first kappa shape index (κ1) is 16.8. The molecule has 0 radical (unpaired) electrons. The minimum absolute atomic E-state index is 0.0314. The zero-order valence-corrected chi connectivity index (χ0v) is 14.4. The highest BCUT2D eigenvalue weighted by Gasteiger charge is 2.16. The van der Waals surface area contributed by atoms with Crippen LogP contribution in [-0.4, -0.2) is 25.7 Å². The molecule has 0 atom stereocenters. The second kappa shape index (κ2) is 7.25. The maximum absolute atomic E-state index is 11.2. The molecule has 0 bridgehead atoms. The summed E-state index contributed by atoms with van der Waals surface area (Å²) < 4.78 is 1.84. The first-order valence-corrected chi connectivity index (χ1v) is 8.22. The second-order valence-electron chi connectivity index (χ2n) is 6.09. The van der Waals surface area contributed by atoms with Crippen LogP contribution in [0.3, 0.4) is 0 Å². The molecule has 0 aliphatic heterocycles. The van der Waals surface area contributed by atoms with Crippen molar-refractivity contribution in [2.24, 2.45) is 5.73 Å². The number of aryl methyl sites for hydroxylation is 4. The van der Waals surface area contributed by atoms with Crippen molar-refractivity contribution in [2.45, 2.75) is 33.2 Å². The van der Waals surface area contributed by atoms with Crippen molar-refractivity contribution in [1.82, 2.24) is 19.7 Å². The zero-order chi connectivity index (χ0) is 17.8. The van der Waals surface area contributed by atoms with E-state index in [4.69, 9.17) is 5.73 Å². The van der Waals surface area contributed by atoms with E-state index < -0.39 is 5.91 Å². The van der Waals surface area contributed by atoms with Crippen LogP contribution in [0, 0.1) is 13.8 Å². The van der Waals surface area contributed by atoms with Crippen molar-refractivity contribution in [3.63, 3.8) is 0 Å². The predicted molar refractivity (Wildman–Crippen MR) is 95.8 cm³/mol. The quantitative estimate of drug-likeness (QED) is 0.748. The summed E-state index contributed by atoms with van der Waals surface area (Å²) in [4.78, 5) is 20.1. The number of pyridine rings is 1. The van der Waals surface area contributed by atoms with Crippen LogP contribution in [0.2, 0.25) is 0 Å². The van der Waals surface area contributed by atoms with Crippen molar-refractivity contribution < 1.29 is 4.79 Å². The highest BCUT2D eigenvalue weighted by molar-refractivity contribution is 5.75. The summed E-state index contributed by atoms with van der Waals surface area (Å²) in [6.07, 6.45) is 2.66. The van der Waals surface area contributed by atoms with Gasteiger partial charge in [-0.3, -0.25) is 9.78 Å². The van der Waals surface area contributed by atoms with E-state index >= 15 is 0 Å². The highest BCUT2D eigenvalue weighted by atomic mass is 16.1. The summed E-state index contributed by atoms with van der Waals surface area (Å²) in [6, 6.07) is 12.2. The predicted octanol–water partition coefficient (Wildman–Crippen LogP) is 2.23. The Balaban J connectivity index is 1.94. The third-order valence-electron chi connectivity index (χ3n) is 3.99. The van der Waals surface area contributed by atoms with Gasteiger partial charge in [0, 0.05) is 24.0 Å². The molecule has 0 aliphatic carbocycles. The molecule has 2 heterocycles. The number of carbonyl (C=O) groups is 1. The lowest BCUT2D eigenvalue weighted by Crippen LogP contribution is -2.15. The lowest BCUT2D eigenvalue weighted by Gasteiger charge is -2.08. The van der Waals surface area contributed by atoms with Crippen molar-refractivity contribution >= 4 is 5.91 Å². The number of aromatic nitrogens is 4. The van der Waals surface area contributed by atoms with Crippen molar-refractivity contribution in [3.8, 4) is 11.4 Å². The molecular weight excluding hydrogens is 314 g/mol. The van der Waals surface area contributed by atoms with E-state index in [1.54, 1.807) is 0 Å². The van der Waals surface area contributed by atoms with Gasteiger partial charge in [0.1, 0.15) is 0 Å². The van der Waals surface area contributed by atoms with Crippen LogP contribution in [0.1, 0.15) is 22.6 Å². The monoisotopic (exact) mass is 335 g/mol. The zero-order valence-electron chi connectivity index (χ0n) is 14.4. The molecule has 2 aromatic heterocycles. The number of nitrogens with two attached hydrogens (primary N) is 1. The fourth-order valence-electron chi connectivity index (χ4n) is 2.79. The summed E-state index contributed by atoms with van der Waals surface area (Å²) in [5, 5.41) is 4.48. The molecule has 0 saturated carbocycles. The molecule has 0 aliphatic rings. The Bertz CT molecular complexity index is 886. The van der Waals surface area contributed by atoms with Gasteiger partial charge in [0.05, 0.1) is 6.42 Å². The Labute approximate surface area is 146 Å². The molecule has 1 amide bonds. The maximum Gasteiger partial charge on any atom is 0.225 e. The van der Waals surface area contributed by atoms with Crippen LogP contribution >= 0.6 is 0 Å². The average Bonchev–Trinajstić information content (AvgIpc) is 2.95. The summed E-state index contributed by atoms with van der Waals surface area (Å²) in [7, 11) is 0. The molecule has 0 spiro atoms. The van der Waals surface area contributed by atoms with E-state index in [1.165, 1.54) is 5.56 Å². The SMILES string of the molecule is Cc1cc(C)c(-c2nc(CC(N)=O)nn2CCc2ccccc2)cn1. The largest absolute Gasteiger partial charge is 0.369 e. The van der Waals surface area contributed by atoms with Crippen LogP contribution in [-0.2, 0) is 24.2 Å². The van der Waals surface area contributed by atoms with E-state index in [1.807, 2.05) is 49.0 Å². The van der Waals surface area contributed by atoms with Gasteiger partial charge in [0.15, 0.2) is 11.6 Å². The Morgan fingerprint density at radius 2 is 1.96 bits per heavy atom. The van der Waals surface area contributed by atoms with Crippen LogP contribution in [0.25, 0.3) is 11.4 Å². The number of hydrogen-bond donors (Lipinski definition) is 1. The fourth-order valence-corrected chi connectivity index (χ4v) is 2.79. The van der Waals surface area contributed by atoms with Crippen LogP contribution < -0.4 is 5.73 Å². The van der Waals surface area contributed by atoms with Crippen LogP contribution in [0.5, 0.6) is 0 Å². The number of amides is 1. The molecule has 0 saturated heterocycles. The van der Waals surface area contributed by atoms with Crippen LogP contribution in [0.15, 0.2) is 42.6 Å². The van der Waals surface area contributed by atoms with Gasteiger partial charge in [0.25, 0.3) is 0 Å². The minimum Gasteiger partial charge on any atom is -0.369 e. The third-order valence-corrected chi connectivity index (χ3v) is 3.99. The summed E-state index contributed by atoms with van der Waals surface area (Å²) in [5.41, 5.74) is 9.46. The first-order chi connectivity index (χ1) is 12.0. The standard InChI is InChI=1S/C19H21N5O/c1-13-10-14(2)21-12-16(13)19-22-18(11-17(20)25)23-24(19)9-8-15-6-4-3-5-7-15/h3-7,10,12H,8-9,11H2,1-2H3,(H2,20,25). The Hall–Kier alpha value is -3.02. The number of rotatable bonds is 6. The molecule has 3 rings (SSSR count). The van der Waals surface area contributed by atoms with Gasteiger partial charge in [-0.1, -0.05) is 30.3 Å². The van der Waals surface area contributed by atoms with Crippen molar-refractivity contribution in [3.05, 3.63) is 65.2 Å². The average molecular weight is 335 g/mol.